The van der Waals surface area contributed by atoms with Crippen LogP contribution in [0.15, 0.2) is 18.2 Å². The molecule has 1 aromatic carbocycles. The Hall–Kier alpha value is -1.44. The van der Waals surface area contributed by atoms with Crippen LogP contribution in [0.5, 0.6) is 11.5 Å². The summed E-state index contributed by atoms with van der Waals surface area (Å²) in [6.45, 7) is 2.84. The Morgan fingerprint density at radius 1 is 1.24 bits per heavy atom. The topological polar surface area (TPSA) is 18.5 Å². The minimum absolute atomic E-state index is 0.735. The molecule has 0 saturated heterocycles. The second kappa shape index (κ2) is 5.76. The van der Waals surface area contributed by atoms with E-state index in [0.717, 1.165) is 37.4 Å². The molecule has 0 amide bonds. The van der Waals surface area contributed by atoms with Crippen LogP contribution in [0.4, 0.5) is 0 Å². The van der Waals surface area contributed by atoms with Crippen molar-refractivity contribution >= 4 is 6.08 Å². The van der Waals surface area contributed by atoms with Crippen molar-refractivity contribution in [1.82, 2.24) is 0 Å². The summed E-state index contributed by atoms with van der Waals surface area (Å²) < 4.78 is 11.1. The number of methoxy groups -OCH3 is 1. The van der Waals surface area contributed by atoms with E-state index in [2.05, 4.69) is 31.2 Å². The summed E-state index contributed by atoms with van der Waals surface area (Å²) in [6, 6.07) is 4.22. The Balaban J connectivity index is 2.34. The zero-order chi connectivity index (χ0) is 12.1. The number of hydrogen-bond donors (Lipinski definition) is 0. The van der Waals surface area contributed by atoms with Crippen LogP contribution in [0.3, 0.4) is 0 Å². The van der Waals surface area contributed by atoms with Crippen molar-refractivity contribution in [2.24, 2.45) is 0 Å². The van der Waals surface area contributed by atoms with Gasteiger partial charge in [-0.1, -0.05) is 19.1 Å². The lowest BCUT2D eigenvalue weighted by molar-refractivity contribution is 0.294. The molecule has 2 nitrogen and oxygen atoms in total. The number of hydrogen-bond acceptors (Lipinski definition) is 2. The van der Waals surface area contributed by atoms with Crippen LogP contribution >= 0.6 is 0 Å². The van der Waals surface area contributed by atoms with Gasteiger partial charge in [0.25, 0.3) is 0 Å². The molecule has 0 saturated carbocycles. The van der Waals surface area contributed by atoms with Gasteiger partial charge in [-0.15, -0.1) is 0 Å². The molecule has 1 aliphatic carbocycles. The van der Waals surface area contributed by atoms with Crippen LogP contribution in [-0.2, 0) is 6.42 Å². The van der Waals surface area contributed by atoms with Gasteiger partial charge in [0.05, 0.1) is 13.7 Å². The lowest BCUT2D eigenvalue weighted by atomic mass is 10.0. The third-order valence-electron chi connectivity index (χ3n) is 3.00. The van der Waals surface area contributed by atoms with Crippen molar-refractivity contribution in [1.29, 1.82) is 0 Å². The van der Waals surface area contributed by atoms with Gasteiger partial charge in [-0.05, 0) is 48.9 Å². The number of rotatable bonds is 4. The summed E-state index contributed by atoms with van der Waals surface area (Å²) in [5.74, 6) is 1.71. The second-order valence-electron chi connectivity index (χ2n) is 4.34. The summed E-state index contributed by atoms with van der Waals surface area (Å²) >= 11 is 0. The number of aryl methyl sites for hydroxylation is 1. The van der Waals surface area contributed by atoms with Crippen molar-refractivity contribution in [2.75, 3.05) is 13.7 Å². The SMILES string of the molecule is CCCOc1cc2c(cc1OC)CCCC=C2. The van der Waals surface area contributed by atoms with Gasteiger partial charge in [0, 0.05) is 0 Å². The first kappa shape index (κ1) is 12.0. The molecule has 0 unspecified atom stereocenters. The van der Waals surface area contributed by atoms with E-state index < -0.39 is 0 Å². The van der Waals surface area contributed by atoms with E-state index in [1.807, 2.05) is 0 Å². The highest BCUT2D eigenvalue weighted by Crippen LogP contribution is 2.33. The van der Waals surface area contributed by atoms with Gasteiger partial charge in [0.2, 0.25) is 0 Å². The molecule has 0 spiro atoms. The Morgan fingerprint density at radius 2 is 2.12 bits per heavy atom. The summed E-state index contributed by atoms with van der Waals surface area (Å²) in [5, 5.41) is 0. The lowest BCUT2D eigenvalue weighted by Gasteiger charge is -2.13. The molecule has 0 heterocycles. The van der Waals surface area contributed by atoms with Crippen LogP contribution in [0.25, 0.3) is 6.08 Å². The van der Waals surface area contributed by atoms with Gasteiger partial charge in [0.1, 0.15) is 0 Å². The number of ether oxygens (including phenoxy) is 2. The molecule has 0 radical (unpaired) electrons. The zero-order valence-corrected chi connectivity index (χ0v) is 10.7. The average molecular weight is 232 g/mol. The number of benzene rings is 1. The third kappa shape index (κ3) is 2.82. The monoisotopic (exact) mass is 232 g/mol. The maximum absolute atomic E-state index is 5.73. The highest BCUT2D eigenvalue weighted by molar-refractivity contribution is 5.61. The molecule has 0 atom stereocenters. The molecule has 17 heavy (non-hydrogen) atoms. The normalized spacial score (nSPS) is 14.0. The van der Waals surface area contributed by atoms with E-state index >= 15 is 0 Å². The van der Waals surface area contributed by atoms with Crippen LogP contribution < -0.4 is 9.47 Å². The largest absolute Gasteiger partial charge is 0.493 e. The number of fused-ring (bicyclic) bond motifs is 1. The van der Waals surface area contributed by atoms with Gasteiger partial charge in [0.15, 0.2) is 11.5 Å². The fourth-order valence-electron chi connectivity index (χ4n) is 2.09. The van der Waals surface area contributed by atoms with Crippen molar-refractivity contribution < 1.29 is 9.47 Å². The van der Waals surface area contributed by atoms with Crippen molar-refractivity contribution in [2.45, 2.75) is 32.6 Å². The molecule has 92 valence electrons. The van der Waals surface area contributed by atoms with E-state index in [1.165, 1.54) is 17.5 Å². The first-order valence-corrected chi connectivity index (χ1v) is 6.35. The number of allylic oxidation sites excluding steroid dienone is 1. The Morgan fingerprint density at radius 3 is 2.88 bits per heavy atom. The molecule has 1 aromatic rings. The maximum atomic E-state index is 5.73. The van der Waals surface area contributed by atoms with Crippen molar-refractivity contribution in [3.63, 3.8) is 0 Å². The van der Waals surface area contributed by atoms with Crippen LogP contribution in [0.1, 0.15) is 37.3 Å². The molecule has 2 heteroatoms. The first-order valence-electron chi connectivity index (χ1n) is 6.35. The highest BCUT2D eigenvalue weighted by Gasteiger charge is 2.11. The predicted molar refractivity (Wildman–Crippen MR) is 70.8 cm³/mol. The maximum Gasteiger partial charge on any atom is 0.161 e. The summed E-state index contributed by atoms with van der Waals surface area (Å²) in [6.07, 6.45) is 8.93. The fraction of sp³-hybridized carbons (Fsp3) is 0.467. The van der Waals surface area contributed by atoms with Crippen molar-refractivity contribution in [3.05, 3.63) is 29.3 Å². The molecule has 1 aliphatic rings. The van der Waals surface area contributed by atoms with Gasteiger partial charge in [-0.2, -0.15) is 0 Å². The Labute approximate surface area is 103 Å². The van der Waals surface area contributed by atoms with Crippen LogP contribution in [0.2, 0.25) is 0 Å². The molecular weight excluding hydrogens is 212 g/mol. The average Bonchev–Trinajstić information content (AvgIpc) is 2.59. The fourth-order valence-corrected chi connectivity index (χ4v) is 2.09. The lowest BCUT2D eigenvalue weighted by Crippen LogP contribution is -2.00. The van der Waals surface area contributed by atoms with Gasteiger partial charge < -0.3 is 9.47 Å². The standard InChI is InChI=1S/C15H20O2/c1-3-9-17-15-11-13-8-6-4-5-7-12(13)10-14(15)16-2/h6,8,10-11H,3-5,7,9H2,1-2H3. The minimum Gasteiger partial charge on any atom is -0.493 e. The van der Waals surface area contributed by atoms with E-state index in [4.69, 9.17) is 9.47 Å². The molecule has 0 bridgehead atoms. The molecule has 0 aromatic heterocycles. The van der Waals surface area contributed by atoms with Gasteiger partial charge in [-0.3, -0.25) is 0 Å². The van der Waals surface area contributed by atoms with E-state index in [1.54, 1.807) is 7.11 Å². The Bertz CT molecular complexity index is 408. The van der Waals surface area contributed by atoms with E-state index in [-0.39, 0.29) is 0 Å². The summed E-state index contributed by atoms with van der Waals surface area (Å²) in [7, 11) is 1.70. The molecule has 0 N–H and O–H groups in total. The van der Waals surface area contributed by atoms with Gasteiger partial charge in [-0.25, -0.2) is 0 Å². The van der Waals surface area contributed by atoms with Gasteiger partial charge >= 0.3 is 0 Å². The molecule has 0 fully saturated rings. The minimum atomic E-state index is 0.735. The zero-order valence-electron chi connectivity index (χ0n) is 10.7. The van der Waals surface area contributed by atoms with E-state index in [0.29, 0.717) is 0 Å². The third-order valence-corrected chi connectivity index (χ3v) is 3.00. The molecule has 2 rings (SSSR count). The summed E-state index contributed by atoms with van der Waals surface area (Å²) in [5.41, 5.74) is 2.63. The predicted octanol–water partition coefficient (Wildman–Crippen LogP) is 3.83. The van der Waals surface area contributed by atoms with Crippen molar-refractivity contribution in [3.8, 4) is 11.5 Å². The Kier molecular flexibility index (Phi) is 4.08. The smallest absolute Gasteiger partial charge is 0.161 e. The quantitative estimate of drug-likeness (QED) is 0.785. The highest BCUT2D eigenvalue weighted by atomic mass is 16.5. The van der Waals surface area contributed by atoms with Crippen LogP contribution in [-0.4, -0.2) is 13.7 Å². The molecular formula is C15H20O2. The van der Waals surface area contributed by atoms with E-state index in [9.17, 15) is 0 Å². The first-order chi connectivity index (χ1) is 8.35. The molecule has 0 aliphatic heterocycles. The van der Waals surface area contributed by atoms with Crippen LogP contribution in [0, 0.1) is 0 Å². The summed E-state index contributed by atoms with van der Waals surface area (Å²) in [4.78, 5) is 0. The second-order valence-corrected chi connectivity index (χ2v) is 4.34.